The maximum absolute atomic E-state index is 12.3. The van der Waals surface area contributed by atoms with Gasteiger partial charge < -0.3 is 15.7 Å². The predicted octanol–water partition coefficient (Wildman–Crippen LogP) is 3.66. The van der Waals surface area contributed by atoms with Gasteiger partial charge in [-0.1, -0.05) is 54.1 Å². The molecule has 2 atom stereocenters. The summed E-state index contributed by atoms with van der Waals surface area (Å²) in [5.41, 5.74) is 4.64. The van der Waals surface area contributed by atoms with E-state index < -0.39 is 6.10 Å². The number of benzene rings is 2. The number of hydrogen-bond acceptors (Lipinski definition) is 2. The van der Waals surface area contributed by atoms with Crippen molar-refractivity contribution < 1.29 is 9.90 Å². The first-order valence-electron chi connectivity index (χ1n) is 9.36. The summed E-state index contributed by atoms with van der Waals surface area (Å²) in [7, 11) is 0. The summed E-state index contributed by atoms with van der Waals surface area (Å²) in [4.78, 5) is 12.3. The molecular formula is C22H28N2O2. The zero-order valence-corrected chi connectivity index (χ0v) is 15.5. The molecule has 0 spiro atoms. The van der Waals surface area contributed by atoms with Crippen LogP contribution in [0.3, 0.4) is 0 Å². The van der Waals surface area contributed by atoms with Crippen LogP contribution in [-0.4, -0.2) is 23.8 Å². The molecule has 4 nitrogen and oxygen atoms in total. The lowest BCUT2D eigenvalue weighted by Crippen LogP contribution is -2.42. The lowest BCUT2D eigenvalue weighted by molar-refractivity contribution is 0.169. The number of rotatable bonds is 7. The Bertz CT molecular complexity index is 741. The van der Waals surface area contributed by atoms with Gasteiger partial charge in [0.15, 0.2) is 0 Å². The van der Waals surface area contributed by atoms with Crippen LogP contribution in [0.1, 0.15) is 41.1 Å². The molecule has 138 valence electrons. The van der Waals surface area contributed by atoms with Crippen molar-refractivity contribution in [2.45, 2.75) is 45.3 Å². The monoisotopic (exact) mass is 352 g/mol. The maximum atomic E-state index is 12.3. The number of carbonyl (C=O) groups is 1. The highest BCUT2D eigenvalue weighted by atomic mass is 16.3. The van der Waals surface area contributed by atoms with E-state index in [1.54, 1.807) is 0 Å². The number of nitrogens with one attached hydrogen (secondary N) is 2. The van der Waals surface area contributed by atoms with E-state index in [-0.39, 0.29) is 18.6 Å². The average molecular weight is 352 g/mol. The van der Waals surface area contributed by atoms with E-state index in [2.05, 4.69) is 48.7 Å². The summed E-state index contributed by atoms with van der Waals surface area (Å²) in [6.07, 6.45) is 2.24. The van der Waals surface area contributed by atoms with Crippen LogP contribution in [0, 0.1) is 19.8 Å². The second-order valence-corrected chi connectivity index (χ2v) is 7.37. The fourth-order valence-corrected chi connectivity index (χ4v) is 3.37. The van der Waals surface area contributed by atoms with Crippen LogP contribution in [0.15, 0.2) is 48.5 Å². The van der Waals surface area contributed by atoms with E-state index in [1.165, 1.54) is 11.1 Å². The highest BCUT2D eigenvalue weighted by Crippen LogP contribution is 2.40. The number of carbonyl (C=O) groups excluding carboxylic acids is 1. The minimum absolute atomic E-state index is 0.0488. The Hall–Kier alpha value is -2.33. The standard InChI is InChI=1S/C22H28N2O2/c1-15-8-9-19(16(2)12-15)13-20(25)14-23-22(26)24-21(18-10-11-18)17-6-4-3-5-7-17/h3-9,12,18,20-21,25H,10-11,13-14H2,1-2H3,(H2,23,24,26). The fourth-order valence-electron chi connectivity index (χ4n) is 3.37. The molecular weight excluding hydrogens is 324 g/mol. The second-order valence-electron chi connectivity index (χ2n) is 7.37. The first-order valence-corrected chi connectivity index (χ1v) is 9.36. The normalized spacial score (nSPS) is 16.0. The third-order valence-electron chi connectivity index (χ3n) is 4.99. The summed E-state index contributed by atoms with van der Waals surface area (Å²) < 4.78 is 0. The minimum atomic E-state index is -0.599. The quantitative estimate of drug-likeness (QED) is 0.712. The Morgan fingerprint density at radius 1 is 1.15 bits per heavy atom. The van der Waals surface area contributed by atoms with Crippen molar-refractivity contribution in [3.05, 3.63) is 70.8 Å². The van der Waals surface area contributed by atoms with Crippen molar-refractivity contribution in [1.29, 1.82) is 0 Å². The molecule has 2 aromatic rings. The molecule has 26 heavy (non-hydrogen) atoms. The summed E-state index contributed by atoms with van der Waals surface area (Å²) >= 11 is 0. The number of aliphatic hydroxyl groups is 1. The first-order chi connectivity index (χ1) is 12.5. The number of hydrogen-bond donors (Lipinski definition) is 3. The van der Waals surface area contributed by atoms with Gasteiger partial charge in [-0.25, -0.2) is 4.79 Å². The van der Waals surface area contributed by atoms with Crippen molar-refractivity contribution >= 4 is 6.03 Å². The fraction of sp³-hybridized carbons (Fsp3) is 0.409. The molecule has 1 saturated carbocycles. The molecule has 3 rings (SSSR count). The molecule has 0 heterocycles. The van der Waals surface area contributed by atoms with Gasteiger partial charge in [-0.05, 0) is 49.3 Å². The Balaban J connectivity index is 1.50. The lowest BCUT2D eigenvalue weighted by Gasteiger charge is -2.20. The van der Waals surface area contributed by atoms with Crippen LogP contribution >= 0.6 is 0 Å². The number of aryl methyl sites for hydroxylation is 2. The summed E-state index contributed by atoms with van der Waals surface area (Å²) in [6, 6.07) is 16.1. The Kier molecular flexibility index (Phi) is 5.94. The Labute approximate surface area is 155 Å². The molecule has 2 amide bonds. The van der Waals surface area contributed by atoms with E-state index in [9.17, 15) is 9.90 Å². The smallest absolute Gasteiger partial charge is 0.315 e. The highest BCUT2D eigenvalue weighted by Gasteiger charge is 2.33. The Morgan fingerprint density at radius 2 is 1.88 bits per heavy atom. The molecule has 1 aliphatic carbocycles. The molecule has 0 bridgehead atoms. The molecule has 0 aromatic heterocycles. The molecule has 0 saturated heterocycles. The maximum Gasteiger partial charge on any atom is 0.315 e. The van der Waals surface area contributed by atoms with Crippen molar-refractivity contribution in [2.75, 3.05) is 6.54 Å². The van der Waals surface area contributed by atoms with E-state index >= 15 is 0 Å². The minimum Gasteiger partial charge on any atom is -0.391 e. The van der Waals surface area contributed by atoms with Gasteiger partial charge in [0.05, 0.1) is 12.1 Å². The molecule has 0 radical (unpaired) electrons. The van der Waals surface area contributed by atoms with Gasteiger partial charge in [-0.15, -0.1) is 0 Å². The van der Waals surface area contributed by atoms with E-state index in [0.29, 0.717) is 12.3 Å². The molecule has 3 N–H and O–H groups in total. The van der Waals surface area contributed by atoms with Crippen molar-refractivity contribution in [3.8, 4) is 0 Å². The lowest BCUT2D eigenvalue weighted by atomic mass is 10.0. The molecule has 2 aromatic carbocycles. The number of aliphatic hydroxyl groups excluding tert-OH is 1. The summed E-state index contributed by atoms with van der Waals surface area (Å²) in [5, 5.41) is 16.2. The number of amides is 2. The van der Waals surface area contributed by atoms with Crippen LogP contribution < -0.4 is 10.6 Å². The van der Waals surface area contributed by atoms with Gasteiger partial charge in [-0.2, -0.15) is 0 Å². The first kappa shape index (κ1) is 18.5. The van der Waals surface area contributed by atoms with Crippen molar-refractivity contribution in [3.63, 3.8) is 0 Å². The largest absolute Gasteiger partial charge is 0.391 e. The van der Waals surface area contributed by atoms with Crippen LogP contribution in [0.5, 0.6) is 0 Å². The molecule has 1 aliphatic rings. The van der Waals surface area contributed by atoms with Crippen LogP contribution in [0.2, 0.25) is 0 Å². The summed E-state index contributed by atoms with van der Waals surface area (Å²) in [5.74, 6) is 0.517. The van der Waals surface area contributed by atoms with Gasteiger partial charge >= 0.3 is 6.03 Å². The van der Waals surface area contributed by atoms with Gasteiger partial charge in [0, 0.05) is 13.0 Å². The second kappa shape index (κ2) is 8.37. The highest BCUT2D eigenvalue weighted by molar-refractivity contribution is 5.74. The topological polar surface area (TPSA) is 61.4 Å². The van der Waals surface area contributed by atoms with E-state index in [0.717, 1.165) is 24.0 Å². The average Bonchev–Trinajstić information content (AvgIpc) is 3.46. The molecule has 2 unspecified atom stereocenters. The predicted molar refractivity (Wildman–Crippen MR) is 104 cm³/mol. The van der Waals surface area contributed by atoms with Crippen molar-refractivity contribution in [2.24, 2.45) is 5.92 Å². The van der Waals surface area contributed by atoms with Gasteiger partial charge in [0.1, 0.15) is 0 Å². The molecule has 1 fully saturated rings. The third kappa shape index (κ3) is 5.09. The van der Waals surface area contributed by atoms with Crippen LogP contribution in [0.4, 0.5) is 4.79 Å². The molecule has 4 heteroatoms. The van der Waals surface area contributed by atoms with E-state index in [4.69, 9.17) is 0 Å². The van der Waals surface area contributed by atoms with Gasteiger partial charge in [0.25, 0.3) is 0 Å². The van der Waals surface area contributed by atoms with Crippen molar-refractivity contribution in [1.82, 2.24) is 10.6 Å². The van der Waals surface area contributed by atoms with E-state index in [1.807, 2.05) is 24.3 Å². The zero-order chi connectivity index (χ0) is 18.5. The van der Waals surface area contributed by atoms with Crippen LogP contribution in [-0.2, 0) is 6.42 Å². The summed E-state index contributed by atoms with van der Waals surface area (Å²) in [6.45, 7) is 4.35. The number of urea groups is 1. The zero-order valence-electron chi connectivity index (χ0n) is 15.5. The third-order valence-corrected chi connectivity index (χ3v) is 4.99. The van der Waals surface area contributed by atoms with Gasteiger partial charge in [-0.3, -0.25) is 0 Å². The SMILES string of the molecule is Cc1ccc(CC(O)CNC(=O)NC(c2ccccc2)C2CC2)c(C)c1. The van der Waals surface area contributed by atoms with Crippen LogP contribution in [0.25, 0.3) is 0 Å². The van der Waals surface area contributed by atoms with Gasteiger partial charge in [0.2, 0.25) is 0 Å². The Morgan fingerprint density at radius 3 is 2.54 bits per heavy atom. The molecule has 0 aliphatic heterocycles.